The SMILES string of the molecule is Cc1ccc(S(=O)(=O)N2CCN(CC(=O)NCCC(=O)NC3CCCCC3)CC2)cc1. The summed E-state index contributed by atoms with van der Waals surface area (Å²) in [5.41, 5.74) is 1.02. The molecule has 0 aromatic heterocycles. The number of piperazine rings is 1. The molecule has 2 amide bonds. The lowest BCUT2D eigenvalue weighted by Gasteiger charge is -2.33. The molecule has 1 heterocycles. The van der Waals surface area contributed by atoms with Gasteiger partial charge in [-0.1, -0.05) is 37.0 Å². The Balaban J connectivity index is 1.35. The quantitative estimate of drug-likeness (QED) is 0.621. The number of nitrogens with one attached hydrogen (secondary N) is 2. The first-order valence-electron chi connectivity index (χ1n) is 11.2. The van der Waals surface area contributed by atoms with E-state index in [0.717, 1.165) is 18.4 Å². The molecule has 1 aliphatic heterocycles. The fraction of sp³-hybridized carbons (Fsp3) is 0.636. The van der Waals surface area contributed by atoms with E-state index in [2.05, 4.69) is 10.6 Å². The molecule has 0 spiro atoms. The lowest BCUT2D eigenvalue weighted by atomic mass is 9.95. The fourth-order valence-electron chi connectivity index (χ4n) is 4.11. The van der Waals surface area contributed by atoms with Crippen LogP contribution in [0.4, 0.5) is 0 Å². The topological polar surface area (TPSA) is 98.8 Å². The number of rotatable bonds is 8. The Morgan fingerprint density at radius 3 is 2.26 bits per heavy atom. The molecule has 0 atom stereocenters. The highest BCUT2D eigenvalue weighted by Crippen LogP contribution is 2.18. The van der Waals surface area contributed by atoms with Gasteiger partial charge >= 0.3 is 0 Å². The molecule has 2 aliphatic rings. The number of nitrogens with zero attached hydrogens (tertiary/aromatic N) is 2. The average molecular weight is 451 g/mol. The first-order valence-corrected chi connectivity index (χ1v) is 12.6. The number of hydrogen-bond donors (Lipinski definition) is 2. The van der Waals surface area contributed by atoms with Crippen molar-refractivity contribution in [1.29, 1.82) is 0 Å². The van der Waals surface area contributed by atoms with Crippen molar-refractivity contribution in [3.05, 3.63) is 29.8 Å². The van der Waals surface area contributed by atoms with Gasteiger partial charge in [0.2, 0.25) is 21.8 Å². The molecule has 8 nitrogen and oxygen atoms in total. The largest absolute Gasteiger partial charge is 0.354 e. The van der Waals surface area contributed by atoms with E-state index in [4.69, 9.17) is 0 Å². The van der Waals surface area contributed by atoms with E-state index >= 15 is 0 Å². The molecule has 0 bridgehead atoms. The maximum atomic E-state index is 12.8. The summed E-state index contributed by atoms with van der Waals surface area (Å²) >= 11 is 0. The Morgan fingerprint density at radius 2 is 1.61 bits per heavy atom. The molecule has 31 heavy (non-hydrogen) atoms. The summed E-state index contributed by atoms with van der Waals surface area (Å²) in [7, 11) is -3.51. The third kappa shape index (κ3) is 7.02. The summed E-state index contributed by atoms with van der Waals surface area (Å²) in [6, 6.07) is 7.14. The van der Waals surface area contributed by atoms with Crippen molar-refractivity contribution in [1.82, 2.24) is 19.8 Å². The molecule has 1 saturated carbocycles. The zero-order valence-electron chi connectivity index (χ0n) is 18.3. The van der Waals surface area contributed by atoms with Crippen molar-refractivity contribution >= 4 is 21.8 Å². The van der Waals surface area contributed by atoms with Crippen LogP contribution in [0.3, 0.4) is 0 Å². The summed E-state index contributed by atoms with van der Waals surface area (Å²) in [5.74, 6) is -0.151. The predicted molar refractivity (Wildman–Crippen MR) is 119 cm³/mol. The van der Waals surface area contributed by atoms with E-state index in [0.29, 0.717) is 37.6 Å². The second-order valence-electron chi connectivity index (χ2n) is 8.50. The Morgan fingerprint density at radius 1 is 0.968 bits per heavy atom. The fourth-order valence-corrected chi connectivity index (χ4v) is 5.53. The van der Waals surface area contributed by atoms with E-state index in [-0.39, 0.29) is 30.8 Å². The molecular formula is C22H34N4O4S. The minimum atomic E-state index is -3.51. The van der Waals surface area contributed by atoms with Crippen LogP contribution in [0.25, 0.3) is 0 Å². The Kier molecular flexibility index (Phi) is 8.45. The maximum Gasteiger partial charge on any atom is 0.243 e. The molecule has 9 heteroatoms. The number of hydrogen-bond acceptors (Lipinski definition) is 5. The molecule has 2 fully saturated rings. The van der Waals surface area contributed by atoms with Crippen molar-refractivity contribution < 1.29 is 18.0 Å². The smallest absolute Gasteiger partial charge is 0.243 e. The molecule has 1 saturated heterocycles. The van der Waals surface area contributed by atoms with Gasteiger partial charge in [-0.3, -0.25) is 14.5 Å². The standard InChI is InChI=1S/C22H34N4O4S/c1-18-7-9-20(10-8-18)31(29,30)26-15-13-25(14-16-26)17-22(28)23-12-11-21(27)24-19-5-3-2-4-6-19/h7-10,19H,2-6,11-17H2,1H3,(H,23,28)(H,24,27). The van der Waals surface area contributed by atoms with Crippen LogP contribution in [-0.2, 0) is 19.6 Å². The third-order valence-corrected chi connectivity index (χ3v) is 7.91. The van der Waals surface area contributed by atoms with Crippen LogP contribution in [0.1, 0.15) is 44.1 Å². The second kappa shape index (κ2) is 11.1. The number of aryl methyl sites for hydroxylation is 1. The van der Waals surface area contributed by atoms with E-state index in [1.807, 2.05) is 11.8 Å². The van der Waals surface area contributed by atoms with Gasteiger partial charge in [-0.2, -0.15) is 4.31 Å². The number of sulfonamides is 1. The van der Waals surface area contributed by atoms with Crippen LogP contribution in [-0.4, -0.2) is 74.7 Å². The van der Waals surface area contributed by atoms with Gasteiger partial charge in [0.1, 0.15) is 0 Å². The minimum absolute atomic E-state index is 0.0119. The van der Waals surface area contributed by atoms with E-state index in [9.17, 15) is 18.0 Å². The highest BCUT2D eigenvalue weighted by Gasteiger charge is 2.29. The van der Waals surface area contributed by atoms with Crippen LogP contribution in [0.15, 0.2) is 29.2 Å². The highest BCUT2D eigenvalue weighted by molar-refractivity contribution is 7.89. The van der Waals surface area contributed by atoms with Gasteiger partial charge in [-0.25, -0.2) is 8.42 Å². The van der Waals surface area contributed by atoms with E-state index in [1.54, 1.807) is 24.3 Å². The van der Waals surface area contributed by atoms with Crippen LogP contribution in [0.5, 0.6) is 0 Å². The summed E-state index contributed by atoms with van der Waals surface area (Å²) in [4.78, 5) is 26.5. The van der Waals surface area contributed by atoms with Crippen LogP contribution in [0, 0.1) is 6.92 Å². The van der Waals surface area contributed by atoms with Crippen LogP contribution < -0.4 is 10.6 Å². The highest BCUT2D eigenvalue weighted by atomic mass is 32.2. The molecule has 1 aliphatic carbocycles. The molecular weight excluding hydrogens is 416 g/mol. The van der Waals surface area contributed by atoms with Gasteiger partial charge in [-0.15, -0.1) is 0 Å². The van der Waals surface area contributed by atoms with E-state index < -0.39 is 10.0 Å². The third-order valence-electron chi connectivity index (χ3n) is 6.00. The zero-order chi connectivity index (χ0) is 22.3. The molecule has 1 aromatic rings. The van der Waals surface area contributed by atoms with Crippen LogP contribution >= 0.6 is 0 Å². The summed E-state index contributed by atoms with van der Waals surface area (Å²) in [6.45, 7) is 4.16. The van der Waals surface area contributed by atoms with Gasteiger partial charge in [0, 0.05) is 45.2 Å². The average Bonchev–Trinajstić information content (AvgIpc) is 2.75. The van der Waals surface area contributed by atoms with Gasteiger partial charge in [0.15, 0.2) is 0 Å². The molecule has 3 rings (SSSR count). The first kappa shape index (κ1) is 23.7. The maximum absolute atomic E-state index is 12.8. The monoisotopic (exact) mass is 450 g/mol. The lowest BCUT2D eigenvalue weighted by Crippen LogP contribution is -2.51. The molecule has 0 radical (unpaired) electrons. The normalized spacial score (nSPS) is 19.1. The van der Waals surface area contributed by atoms with Crippen molar-refractivity contribution in [2.24, 2.45) is 0 Å². The van der Waals surface area contributed by atoms with Gasteiger partial charge in [0.05, 0.1) is 11.4 Å². The predicted octanol–water partition coefficient (Wildman–Crippen LogP) is 1.26. The van der Waals surface area contributed by atoms with E-state index in [1.165, 1.54) is 23.6 Å². The van der Waals surface area contributed by atoms with Gasteiger partial charge in [0.25, 0.3) is 0 Å². The van der Waals surface area contributed by atoms with Gasteiger partial charge < -0.3 is 10.6 Å². The molecule has 1 aromatic carbocycles. The molecule has 2 N–H and O–H groups in total. The number of carbonyl (C=O) groups is 2. The Hall–Kier alpha value is -1.97. The molecule has 172 valence electrons. The second-order valence-corrected chi connectivity index (χ2v) is 10.4. The number of carbonyl (C=O) groups excluding carboxylic acids is 2. The minimum Gasteiger partial charge on any atom is -0.354 e. The summed E-state index contributed by atoms with van der Waals surface area (Å²) in [6.07, 6.45) is 5.95. The summed E-state index contributed by atoms with van der Waals surface area (Å²) in [5, 5.41) is 5.84. The van der Waals surface area contributed by atoms with Crippen LogP contribution in [0.2, 0.25) is 0 Å². The number of amides is 2. The Labute approximate surface area is 185 Å². The van der Waals surface area contributed by atoms with Crippen molar-refractivity contribution in [2.75, 3.05) is 39.3 Å². The Bertz CT molecular complexity index is 843. The molecule has 0 unspecified atom stereocenters. The first-order chi connectivity index (χ1) is 14.8. The van der Waals surface area contributed by atoms with Crippen molar-refractivity contribution in [3.8, 4) is 0 Å². The zero-order valence-corrected chi connectivity index (χ0v) is 19.1. The lowest BCUT2D eigenvalue weighted by molar-refractivity contribution is -0.123. The van der Waals surface area contributed by atoms with Crippen molar-refractivity contribution in [2.45, 2.75) is 56.4 Å². The van der Waals surface area contributed by atoms with Gasteiger partial charge in [-0.05, 0) is 31.9 Å². The number of benzene rings is 1. The summed E-state index contributed by atoms with van der Waals surface area (Å²) < 4.78 is 27.0. The van der Waals surface area contributed by atoms with Crippen molar-refractivity contribution in [3.63, 3.8) is 0 Å².